The highest BCUT2D eigenvalue weighted by Crippen LogP contribution is 2.43. The molecule has 5 nitrogen and oxygen atoms in total. The first-order chi connectivity index (χ1) is 24.7. The lowest BCUT2D eigenvalue weighted by Crippen LogP contribution is -2.09. The van der Waals surface area contributed by atoms with Gasteiger partial charge in [-0.2, -0.15) is 0 Å². The van der Waals surface area contributed by atoms with Crippen LogP contribution in [-0.4, -0.2) is 4.98 Å². The monoisotopic (exact) mass is 642 g/mol. The third-order valence-corrected chi connectivity index (χ3v) is 9.85. The maximum Gasteiger partial charge on any atom is 0.228 e. The standard InChI is InChI=1S/C45H26N2O3/c1-2-12-30(13-3-1)47(32-18-20-34-36-23-28-10-4-5-11-29(28)24-41(36)49-42(34)26-32)31-19-22-38-37(25-31)43-35(15-8-16-39(43)48-38)45-46-44-33-14-7-6-9-27(33)17-21-40(44)50-45/h1-26H. The molecule has 3 heterocycles. The smallest absolute Gasteiger partial charge is 0.228 e. The second-order valence-electron chi connectivity index (χ2n) is 12.8. The SMILES string of the molecule is c1ccc(N(c2ccc3c(c2)oc2cc4ccccc4cc23)c2ccc3oc4cccc(-c5nc6c(ccc7ccccc76)o5)c4c3c2)cc1. The summed E-state index contributed by atoms with van der Waals surface area (Å²) in [6.07, 6.45) is 0. The molecule has 0 atom stereocenters. The molecule has 0 aliphatic rings. The molecular formula is C45H26N2O3. The van der Waals surface area contributed by atoms with Gasteiger partial charge in [0.2, 0.25) is 5.89 Å². The van der Waals surface area contributed by atoms with Crippen LogP contribution in [-0.2, 0) is 0 Å². The number of rotatable bonds is 4. The van der Waals surface area contributed by atoms with Crippen LogP contribution < -0.4 is 4.90 Å². The van der Waals surface area contributed by atoms with Crippen LogP contribution in [0.2, 0.25) is 0 Å². The summed E-state index contributed by atoms with van der Waals surface area (Å²) >= 11 is 0. The molecule has 5 heteroatoms. The summed E-state index contributed by atoms with van der Waals surface area (Å²) in [5, 5.41) is 8.72. The number of aromatic nitrogens is 1. The minimum Gasteiger partial charge on any atom is -0.456 e. The summed E-state index contributed by atoms with van der Waals surface area (Å²) in [4.78, 5) is 7.30. The fourth-order valence-corrected chi connectivity index (χ4v) is 7.52. The highest BCUT2D eigenvalue weighted by atomic mass is 16.4. The van der Waals surface area contributed by atoms with E-state index in [9.17, 15) is 0 Å². The highest BCUT2D eigenvalue weighted by Gasteiger charge is 2.21. The Morgan fingerprint density at radius 2 is 1.10 bits per heavy atom. The molecule has 3 aromatic heterocycles. The van der Waals surface area contributed by atoms with Crippen LogP contribution >= 0.6 is 0 Å². The van der Waals surface area contributed by atoms with E-state index in [1.54, 1.807) is 0 Å². The van der Waals surface area contributed by atoms with Crippen LogP contribution in [0.5, 0.6) is 0 Å². The molecule has 11 rings (SSSR count). The molecule has 0 fully saturated rings. The molecular weight excluding hydrogens is 617 g/mol. The summed E-state index contributed by atoms with van der Waals surface area (Å²) < 4.78 is 19.3. The topological polar surface area (TPSA) is 55.6 Å². The number of benzene rings is 8. The Labute approximate surface area is 285 Å². The molecule has 0 aliphatic heterocycles. The third kappa shape index (κ3) is 4.04. The van der Waals surface area contributed by atoms with Crippen LogP contribution in [0.25, 0.3) is 88.0 Å². The first kappa shape index (κ1) is 27.1. The van der Waals surface area contributed by atoms with E-state index in [1.807, 2.05) is 36.4 Å². The van der Waals surface area contributed by atoms with E-state index in [0.29, 0.717) is 5.89 Å². The second kappa shape index (κ2) is 10.3. The average molecular weight is 643 g/mol. The van der Waals surface area contributed by atoms with Gasteiger partial charge in [0.25, 0.3) is 0 Å². The van der Waals surface area contributed by atoms with Crippen molar-refractivity contribution in [3.8, 4) is 11.5 Å². The summed E-state index contributed by atoms with van der Waals surface area (Å²) in [6.45, 7) is 0. The molecule has 0 N–H and O–H groups in total. The average Bonchev–Trinajstić information content (AvgIpc) is 3.87. The van der Waals surface area contributed by atoms with Gasteiger partial charge in [0, 0.05) is 55.6 Å². The van der Waals surface area contributed by atoms with E-state index in [1.165, 1.54) is 5.39 Å². The van der Waals surface area contributed by atoms with Crippen molar-refractivity contribution < 1.29 is 13.3 Å². The molecule has 0 unspecified atom stereocenters. The van der Waals surface area contributed by atoms with Crippen molar-refractivity contribution in [2.45, 2.75) is 0 Å². The first-order valence-corrected chi connectivity index (χ1v) is 16.7. The van der Waals surface area contributed by atoms with Crippen LogP contribution in [0.4, 0.5) is 17.1 Å². The number of hydrogen-bond acceptors (Lipinski definition) is 5. The lowest BCUT2D eigenvalue weighted by molar-refractivity contribution is 0.620. The zero-order valence-corrected chi connectivity index (χ0v) is 26.6. The third-order valence-electron chi connectivity index (χ3n) is 9.85. The number of hydrogen-bond donors (Lipinski definition) is 0. The minimum absolute atomic E-state index is 0.568. The largest absolute Gasteiger partial charge is 0.456 e. The zero-order chi connectivity index (χ0) is 32.8. The Hall–Kier alpha value is -6.85. The Balaban J connectivity index is 1.10. The van der Waals surface area contributed by atoms with Gasteiger partial charge in [-0.25, -0.2) is 4.98 Å². The van der Waals surface area contributed by atoms with E-state index in [-0.39, 0.29) is 0 Å². The summed E-state index contributed by atoms with van der Waals surface area (Å²) in [5.41, 5.74) is 8.82. The van der Waals surface area contributed by atoms with Gasteiger partial charge >= 0.3 is 0 Å². The first-order valence-electron chi connectivity index (χ1n) is 16.7. The summed E-state index contributed by atoms with van der Waals surface area (Å²) in [6, 6.07) is 54.4. The highest BCUT2D eigenvalue weighted by molar-refractivity contribution is 6.14. The van der Waals surface area contributed by atoms with Gasteiger partial charge in [0.05, 0.1) is 0 Å². The van der Waals surface area contributed by atoms with Crippen molar-refractivity contribution >= 4 is 93.6 Å². The summed E-state index contributed by atoms with van der Waals surface area (Å²) in [5.74, 6) is 0.568. The number of para-hydroxylation sites is 1. The molecule has 0 spiro atoms. The normalized spacial score (nSPS) is 12.0. The summed E-state index contributed by atoms with van der Waals surface area (Å²) in [7, 11) is 0. The predicted molar refractivity (Wildman–Crippen MR) is 204 cm³/mol. The van der Waals surface area contributed by atoms with Crippen molar-refractivity contribution in [2.24, 2.45) is 0 Å². The number of furan rings is 2. The molecule has 0 saturated heterocycles. The maximum absolute atomic E-state index is 6.50. The lowest BCUT2D eigenvalue weighted by Gasteiger charge is -2.25. The van der Waals surface area contributed by atoms with E-state index >= 15 is 0 Å². The molecule has 0 aliphatic carbocycles. The quantitative estimate of drug-likeness (QED) is 0.191. The molecule has 0 radical (unpaired) electrons. The Bertz CT molecular complexity index is 3110. The van der Waals surface area contributed by atoms with Gasteiger partial charge in [0.1, 0.15) is 27.8 Å². The lowest BCUT2D eigenvalue weighted by atomic mass is 10.0. The van der Waals surface area contributed by atoms with Crippen LogP contribution in [0.1, 0.15) is 0 Å². The Kier molecular flexibility index (Phi) is 5.60. The van der Waals surface area contributed by atoms with E-state index in [0.717, 1.165) is 93.8 Å². The number of nitrogens with zero attached hydrogens (tertiary/aromatic N) is 2. The van der Waals surface area contributed by atoms with Crippen LogP contribution in [0, 0.1) is 0 Å². The molecule has 8 aromatic carbocycles. The van der Waals surface area contributed by atoms with Gasteiger partial charge in [0.15, 0.2) is 5.58 Å². The van der Waals surface area contributed by atoms with E-state index in [4.69, 9.17) is 18.2 Å². The van der Waals surface area contributed by atoms with Gasteiger partial charge in [-0.3, -0.25) is 0 Å². The molecule has 0 amide bonds. The van der Waals surface area contributed by atoms with Crippen molar-refractivity contribution in [1.82, 2.24) is 4.98 Å². The Morgan fingerprint density at radius 3 is 2.00 bits per heavy atom. The fourth-order valence-electron chi connectivity index (χ4n) is 7.52. The molecule has 50 heavy (non-hydrogen) atoms. The second-order valence-corrected chi connectivity index (χ2v) is 12.8. The predicted octanol–water partition coefficient (Wildman–Crippen LogP) is 13.1. The molecule has 11 aromatic rings. The molecule has 234 valence electrons. The van der Waals surface area contributed by atoms with Crippen LogP contribution in [0.15, 0.2) is 171 Å². The van der Waals surface area contributed by atoms with Crippen molar-refractivity contribution in [2.75, 3.05) is 4.90 Å². The maximum atomic E-state index is 6.50. The minimum atomic E-state index is 0.568. The van der Waals surface area contributed by atoms with Gasteiger partial charge in [-0.1, -0.05) is 78.9 Å². The van der Waals surface area contributed by atoms with Gasteiger partial charge in [-0.05, 0) is 89.0 Å². The van der Waals surface area contributed by atoms with Crippen molar-refractivity contribution in [1.29, 1.82) is 0 Å². The van der Waals surface area contributed by atoms with E-state index < -0.39 is 0 Å². The molecule has 0 bridgehead atoms. The number of anilines is 3. The van der Waals surface area contributed by atoms with E-state index in [2.05, 4.69) is 126 Å². The van der Waals surface area contributed by atoms with Gasteiger partial charge in [-0.15, -0.1) is 0 Å². The number of fused-ring (bicyclic) bond motifs is 10. The van der Waals surface area contributed by atoms with Crippen molar-refractivity contribution in [3.05, 3.63) is 158 Å². The number of oxazole rings is 1. The Morgan fingerprint density at radius 1 is 0.380 bits per heavy atom. The van der Waals surface area contributed by atoms with Crippen LogP contribution in [0.3, 0.4) is 0 Å². The zero-order valence-electron chi connectivity index (χ0n) is 26.6. The fraction of sp³-hybridized carbons (Fsp3) is 0. The van der Waals surface area contributed by atoms with Gasteiger partial charge < -0.3 is 18.2 Å². The molecule has 0 saturated carbocycles. The van der Waals surface area contributed by atoms with Crippen molar-refractivity contribution in [3.63, 3.8) is 0 Å².